The number of thiophene rings is 1. The summed E-state index contributed by atoms with van der Waals surface area (Å²) in [6.07, 6.45) is 2.46. The summed E-state index contributed by atoms with van der Waals surface area (Å²) in [4.78, 5) is 5.74. The maximum Gasteiger partial charge on any atom is 0.132 e. The van der Waals surface area contributed by atoms with Gasteiger partial charge in [0.1, 0.15) is 16.2 Å². The summed E-state index contributed by atoms with van der Waals surface area (Å²) in [6.45, 7) is 0. The van der Waals surface area contributed by atoms with Crippen LogP contribution in [0.5, 0.6) is 5.75 Å². The number of fused-ring (bicyclic) bond motifs is 1. The van der Waals surface area contributed by atoms with E-state index in [0.29, 0.717) is 0 Å². The lowest BCUT2D eigenvalue weighted by Gasteiger charge is -2.00. The average Bonchev–Trinajstić information content (AvgIpc) is 2.89. The second-order valence-electron chi connectivity index (χ2n) is 3.72. The molecule has 0 aromatic carbocycles. The van der Waals surface area contributed by atoms with E-state index >= 15 is 0 Å². The molecule has 3 aromatic heterocycles. The molecule has 0 saturated heterocycles. The smallest absolute Gasteiger partial charge is 0.132 e. The van der Waals surface area contributed by atoms with Crippen molar-refractivity contribution in [3.05, 3.63) is 51.1 Å². The predicted molar refractivity (Wildman–Crippen MR) is 71.7 cm³/mol. The van der Waals surface area contributed by atoms with Crippen molar-refractivity contribution < 1.29 is 5.11 Å². The van der Waals surface area contributed by atoms with Crippen LogP contribution in [0.2, 0.25) is 0 Å². The second-order valence-corrected chi connectivity index (χ2v) is 5.50. The molecule has 17 heavy (non-hydrogen) atoms. The fourth-order valence-electron chi connectivity index (χ4n) is 1.79. The first-order valence-electron chi connectivity index (χ1n) is 5.12. The van der Waals surface area contributed by atoms with Crippen LogP contribution in [-0.4, -0.2) is 14.5 Å². The van der Waals surface area contributed by atoms with Crippen LogP contribution in [-0.2, 0) is 6.42 Å². The highest BCUT2D eigenvalue weighted by Crippen LogP contribution is 2.24. The Morgan fingerprint density at radius 2 is 2.24 bits per heavy atom. The molecule has 0 bridgehead atoms. The molecule has 3 heterocycles. The standard InChI is InChI=1S/C12H9BrN2OS/c13-12-10-4-3-8(16)7-15(10)11(14-12)6-9-2-1-5-17-9/h1-5,7,16H,6H2. The molecule has 1 N–H and O–H groups in total. The van der Waals surface area contributed by atoms with Crippen molar-refractivity contribution in [2.24, 2.45) is 0 Å². The fourth-order valence-corrected chi connectivity index (χ4v) is 3.02. The van der Waals surface area contributed by atoms with Gasteiger partial charge in [0.05, 0.1) is 11.7 Å². The zero-order valence-corrected chi connectivity index (χ0v) is 11.2. The van der Waals surface area contributed by atoms with Crippen LogP contribution in [0.15, 0.2) is 40.4 Å². The molecule has 86 valence electrons. The van der Waals surface area contributed by atoms with Crippen LogP contribution in [0.4, 0.5) is 0 Å². The average molecular weight is 309 g/mol. The highest BCUT2D eigenvalue weighted by molar-refractivity contribution is 9.10. The number of imidazole rings is 1. The predicted octanol–water partition coefficient (Wildman–Crippen LogP) is 3.45. The Morgan fingerprint density at radius 3 is 3.00 bits per heavy atom. The molecule has 0 aliphatic carbocycles. The molecule has 0 spiro atoms. The molecule has 0 atom stereocenters. The Bertz CT molecular complexity index is 661. The molecule has 3 nitrogen and oxygen atoms in total. The summed E-state index contributed by atoms with van der Waals surface area (Å²) in [6, 6.07) is 7.63. The normalized spacial score (nSPS) is 11.1. The molecule has 5 heteroatoms. The Morgan fingerprint density at radius 1 is 1.35 bits per heavy atom. The maximum absolute atomic E-state index is 9.53. The molecular formula is C12H9BrN2OS. The van der Waals surface area contributed by atoms with Gasteiger partial charge in [0.25, 0.3) is 0 Å². The Labute approximate surface area is 110 Å². The van der Waals surface area contributed by atoms with E-state index in [1.54, 1.807) is 23.6 Å². The number of hydrogen-bond acceptors (Lipinski definition) is 3. The molecule has 0 radical (unpaired) electrons. The number of hydrogen-bond donors (Lipinski definition) is 1. The number of halogens is 1. The van der Waals surface area contributed by atoms with Crippen molar-refractivity contribution in [1.82, 2.24) is 9.38 Å². The molecular weight excluding hydrogens is 300 g/mol. The third-order valence-corrected chi connectivity index (χ3v) is 4.02. The van der Waals surface area contributed by atoms with Gasteiger partial charge in [-0.3, -0.25) is 4.40 Å². The van der Waals surface area contributed by atoms with E-state index in [1.807, 2.05) is 16.5 Å². The van der Waals surface area contributed by atoms with Gasteiger partial charge in [-0.15, -0.1) is 11.3 Å². The quantitative estimate of drug-likeness (QED) is 0.787. The molecule has 0 amide bonds. The number of rotatable bonds is 2. The Balaban J connectivity index is 2.13. The minimum Gasteiger partial charge on any atom is -0.506 e. The Hall–Kier alpha value is -1.33. The first kappa shape index (κ1) is 10.8. The summed E-state index contributed by atoms with van der Waals surface area (Å²) in [5, 5.41) is 11.6. The first-order valence-corrected chi connectivity index (χ1v) is 6.79. The van der Waals surface area contributed by atoms with Gasteiger partial charge in [-0.05, 0) is 39.5 Å². The maximum atomic E-state index is 9.53. The van der Waals surface area contributed by atoms with Crippen LogP contribution >= 0.6 is 27.3 Å². The van der Waals surface area contributed by atoms with Crippen molar-refractivity contribution in [1.29, 1.82) is 0 Å². The molecule has 0 fully saturated rings. The van der Waals surface area contributed by atoms with Crippen molar-refractivity contribution in [3.8, 4) is 5.75 Å². The van der Waals surface area contributed by atoms with Crippen LogP contribution in [0, 0.1) is 0 Å². The van der Waals surface area contributed by atoms with Crippen LogP contribution in [0.3, 0.4) is 0 Å². The van der Waals surface area contributed by atoms with Gasteiger partial charge in [-0.2, -0.15) is 0 Å². The molecule has 0 aliphatic heterocycles. The lowest BCUT2D eigenvalue weighted by atomic mass is 10.3. The highest BCUT2D eigenvalue weighted by Gasteiger charge is 2.10. The van der Waals surface area contributed by atoms with Crippen LogP contribution in [0.25, 0.3) is 5.52 Å². The van der Waals surface area contributed by atoms with Gasteiger partial charge in [0.2, 0.25) is 0 Å². The van der Waals surface area contributed by atoms with Gasteiger partial charge in [-0.1, -0.05) is 6.07 Å². The largest absolute Gasteiger partial charge is 0.506 e. The number of nitrogens with zero attached hydrogens (tertiary/aromatic N) is 2. The van der Waals surface area contributed by atoms with E-state index in [9.17, 15) is 5.11 Å². The minimum absolute atomic E-state index is 0.245. The molecule has 0 unspecified atom stereocenters. The monoisotopic (exact) mass is 308 g/mol. The zero-order valence-electron chi connectivity index (χ0n) is 8.80. The van der Waals surface area contributed by atoms with E-state index in [2.05, 4.69) is 32.4 Å². The van der Waals surface area contributed by atoms with Crippen LogP contribution < -0.4 is 0 Å². The molecule has 3 rings (SSSR count). The summed E-state index contributed by atoms with van der Waals surface area (Å²) < 4.78 is 2.73. The van der Waals surface area contributed by atoms with E-state index < -0.39 is 0 Å². The van der Waals surface area contributed by atoms with E-state index in [-0.39, 0.29) is 5.75 Å². The second kappa shape index (κ2) is 4.16. The number of aromatic nitrogens is 2. The third kappa shape index (κ3) is 1.96. The van der Waals surface area contributed by atoms with Crippen molar-refractivity contribution in [2.75, 3.05) is 0 Å². The fraction of sp³-hybridized carbons (Fsp3) is 0.0833. The van der Waals surface area contributed by atoms with Crippen molar-refractivity contribution in [2.45, 2.75) is 6.42 Å². The summed E-state index contributed by atoms with van der Waals surface area (Å²) >= 11 is 5.14. The SMILES string of the molecule is Oc1ccc2c(Br)nc(Cc3cccs3)n2c1. The van der Waals surface area contributed by atoms with Gasteiger partial charge in [0.15, 0.2) is 0 Å². The van der Waals surface area contributed by atoms with Crippen molar-refractivity contribution in [3.63, 3.8) is 0 Å². The summed E-state index contributed by atoms with van der Waals surface area (Å²) in [5.74, 6) is 1.17. The van der Waals surface area contributed by atoms with E-state index in [1.165, 1.54) is 4.88 Å². The zero-order chi connectivity index (χ0) is 11.8. The van der Waals surface area contributed by atoms with Crippen LogP contribution in [0.1, 0.15) is 10.7 Å². The summed E-state index contributed by atoms with van der Waals surface area (Å²) in [7, 11) is 0. The van der Waals surface area contributed by atoms with Gasteiger partial charge < -0.3 is 5.11 Å². The lowest BCUT2D eigenvalue weighted by Crippen LogP contribution is -1.94. The highest BCUT2D eigenvalue weighted by atomic mass is 79.9. The number of aromatic hydroxyl groups is 1. The first-order chi connectivity index (χ1) is 8.24. The van der Waals surface area contributed by atoms with E-state index in [0.717, 1.165) is 22.4 Å². The number of pyridine rings is 1. The Kier molecular flexibility index (Phi) is 2.64. The third-order valence-electron chi connectivity index (χ3n) is 2.56. The van der Waals surface area contributed by atoms with Gasteiger partial charge in [-0.25, -0.2) is 4.98 Å². The minimum atomic E-state index is 0.245. The lowest BCUT2D eigenvalue weighted by molar-refractivity contribution is 0.471. The summed E-state index contributed by atoms with van der Waals surface area (Å²) in [5.41, 5.74) is 0.967. The molecule has 3 aromatic rings. The molecule has 0 aliphatic rings. The van der Waals surface area contributed by atoms with E-state index in [4.69, 9.17) is 0 Å². The van der Waals surface area contributed by atoms with Crippen molar-refractivity contribution >= 4 is 32.8 Å². The molecule has 0 saturated carbocycles. The van der Waals surface area contributed by atoms with Gasteiger partial charge >= 0.3 is 0 Å². The van der Waals surface area contributed by atoms with Gasteiger partial charge in [0, 0.05) is 11.3 Å². The topological polar surface area (TPSA) is 37.5 Å².